The van der Waals surface area contributed by atoms with Crippen molar-refractivity contribution in [1.82, 2.24) is 0 Å². The third-order valence-electron chi connectivity index (χ3n) is 2.36. The van der Waals surface area contributed by atoms with Gasteiger partial charge in [0.2, 0.25) is 0 Å². The molecular formula is C13H19NO3S. The maximum Gasteiger partial charge on any atom is 0.315 e. The van der Waals surface area contributed by atoms with Gasteiger partial charge in [-0.2, -0.15) is 0 Å². The van der Waals surface area contributed by atoms with Gasteiger partial charge >= 0.3 is 5.97 Å². The SMILES string of the molecule is CCOC(=O)CSCc1cc(CN)ccc1OC. The number of methoxy groups -OCH3 is 1. The van der Waals surface area contributed by atoms with E-state index in [1.165, 1.54) is 11.8 Å². The summed E-state index contributed by atoms with van der Waals surface area (Å²) in [6, 6.07) is 5.86. The van der Waals surface area contributed by atoms with Gasteiger partial charge in [-0.05, 0) is 24.6 Å². The van der Waals surface area contributed by atoms with Gasteiger partial charge in [0.05, 0.1) is 19.5 Å². The number of thioether (sulfide) groups is 1. The molecule has 0 heterocycles. The minimum absolute atomic E-state index is 0.184. The van der Waals surface area contributed by atoms with Crippen LogP contribution in [0.4, 0.5) is 0 Å². The Morgan fingerprint density at radius 1 is 1.44 bits per heavy atom. The first-order chi connectivity index (χ1) is 8.71. The number of carbonyl (C=O) groups is 1. The van der Waals surface area contributed by atoms with Crippen molar-refractivity contribution in [2.75, 3.05) is 19.5 Å². The average Bonchev–Trinajstić information content (AvgIpc) is 2.39. The van der Waals surface area contributed by atoms with E-state index in [1.807, 2.05) is 18.2 Å². The lowest BCUT2D eigenvalue weighted by Crippen LogP contribution is -2.07. The molecule has 2 N–H and O–H groups in total. The van der Waals surface area contributed by atoms with E-state index in [9.17, 15) is 4.79 Å². The van der Waals surface area contributed by atoms with E-state index in [4.69, 9.17) is 15.2 Å². The van der Waals surface area contributed by atoms with E-state index in [1.54, 1.807) is 14.0 Å². The zero-order chi connectivity index (χ0) is 13.4. The van der Waals surface area contributed by atoms with E-state index in [-0.39, 0.29) is 5.97 Å². The second-order valence-electron chi connectivity index (χ2n) is 3.65. The molecule has 1 aromatic carbocycles. The Morgan fingerprint density at radius 3 is 2.83 bits per heavy atom. The van der Waals surface area contributed by atoms with E-state index in [2.05, 4.69) is 0 Å². The fourth-order valence-electron chi connectivity index (χ4n) is 1.52. The molecule has 0 atom stereocenters. The maximum absolute atomic E-state index is 11.2. The van der Waals surface area contributed by atoms with Crippen LogP contribution in [0.5, 0.6) is 5.75 Å². The zero-order valence-electron chi connectivity index (χ0n) is 10.8. The van der Waals surface area contributed by atoms with Crippen molar-refractivity contribution in [3.63, 3.8) is 0 Å². The molecule has 0 fully saturated rings. The largest absolute Gasteiger partial charge is 0.496 e. The molecule has 1 aromatic rings. The number of carbonyl (C=O) groups excluding carboxylic acids is 1. The number of benzene rings is 1. The van der Waals surface area contributed by atoms with Gasteiger partial charge in [-0.3, -0.25) is 4.79 Å². The average molecular weight is 269 g/mol. The lowest BCUT2D eigenvalue weighted by molar-refractivity contribution is -0.139. The standard InChI is InChI=1S/C13H19NO3S/c1-3-17-13(15)9-18-8-11-6-10(7-14)4-5-12(11)16-2/h4-6H,3,7-9,14H2,1-2H3. The predicted molar refractivity (Wildman–Crippen MR) is 73.7 cm³/mol. The molecule has 4 nitrogen and oxygen atoms in total. The number of hydrogen-bond acceptors (Lipinski definition) is 5. The monoisotopic (exact) mass is 269 g/mol. The van der Waals surface area contributed by atoms with Crippen molar-refractivity contribution in [1.29, 1.82) is 0 Å². The van der Waals surface area contributed by atoms with Crippen LogP contribution in [0.2, 0.25) is 0 Å². The van der Waals surface area contributed by atoms with Gasteiger partial charge in [-0.25, -0.2) is 0 Å². The number of hydrogen-bond donors (Lipinski definition) is 1. The first kappa shape index (κ1) is 14.9. The number of esters is 1. The highest BCUT2D eigenvalue weighted by molar-refractivity contribution is 7.99. The first-order valence-corrected chi connectivity index (χ1v) is 6.96. The molecule has 5 heteroatoms. The van der Waals surface area contributed by atoms with Gasteiger partial charge < -0.3 is 15.2 Å². The van der Waals surface area contributed by atoms with Crippen LogP contribution in [0.15, 0.2) is 18.2 Å². The summed E-state index contributed by atoms with van der Waals surface area (Å²) in [5, 5.41) is 0. The highest BCUT2D eigenvalue weighted by Crippen LogP contribution is 2.24. The molecule has 0 aliphatic rings. The highest BCUT2D eigenvalue weighted by atomic mass is 32.2. The second-order valence-corrected chi connectivity index (χ2v) is 4.63. The Labute approximate surface area is 112 Å². The molecular weight excluding hydrogens is 250 g/mol. The molecule has 0 saturated heterocycles. The molecule has 1 rings (SSSR count). The summed E-state index contributed by atoms with van der Waals surface area (Å²) < 4.78 is 10.1. The smallest absolute Gasteiger partial charge is 0.315 e. The van der Waals surface area contributed by atoms with Crippen LogP contribution in [0, 0.1) is 0 Å². The van der Waals surface area contributed by atoms with Crippen molar-refractivity contribution in [2.24, 2.45) is 5.73 Å². The molecule has 0 unspecified atom stereocenters. The van der Waals surface area contributed by atoms with Crippen molar-refractivity contribution in [3.8, 4) is 5.75 Å². The van der Waals surface area contributed by atoms with Gasteiger partial charge in [-0.1, -0.05) is 6.07 Å². The van der Waals surface area contributed by atoms with E-state index >= 15 is 0 Å². The Hall–Kier alpha value is -1.20. The maximum atomic E-state index is 11.2. The first-order valence-electron chi connectivity index (χ1n) is 5.80. The summed E-state index contributed by atoms with van der Waals surface area (Å²) in [5.41, 5.74) is 7.71. The Kier molecular flexibility index (Phi) is 6.60. The molecule has 100 valence electrons. The summed E-state index contributed by atoms with van der Waals surface area (Å²) in [6.45, 7) is 2.72. The van der Waals surface area contributed by atoms with Gasteiger partial charge in [0.1, 0.15) is 5.75 Å². The Balaban J connectivity index is 2.57. The van der Waals surface area contributed by atoms with E-state index in [0.717, 1.165) is 16.9 Å². The van der Waals surface area contributed by atoms with Gasteiger partial charge in [0.25, 0.3) is 0 Å². The molecule has 0 aliphatic carbocycles. The lowest BCUT2D eigenvalue weighted by Gasteiger charge is -2.09. The molecule has 0 spiro atoms. The minimum atomic E-state index is -0.184. The molecule has 0 amide bonds. The predicted octanol–water partition coefficient (Wildman–Crippen LogP) is 1.95. The molecule has 0 saturated carbocycles. The minimum Gasteiger partial charge on any atom is -0.496 e. The zero-order valence-corrected chi connectivity index (χ0v) is 11.6. The normalized spacial score (nSPS) is 10.2. The van der Waals surface area contributed by atoms with Crippen LogP contribution >= 0.6 is 11.8 Å². The third-order valence-corrected chi connectivity index (χ3v) is 3.32. The van der Waals surface area contributed by atoms with Crippen molar-refractivity contribution in [3.05, 3.63) is 29.3 Å². The molecule has 0 aliphatic heterocycles. The summed E-state index contributed by atoms with van der Waals surface area (Å²) in [7, 11) is 1.64. The Bertz CT molecular complexity index is 396. The quantitative estimate of drug-likeness (QED) is 0.767. The number of ether oxygens (including phenoxy) is 2. The van der Waals surface area contributed by atoms with Crippen LogP contribution in [-0.2, 0) is 21.8 Å². The second kappa shape index (κ2) is 8.00. The van der Waals surface area contributed by atoms with Crippen LogP contribution in [0.3, 0.4) is 0 Å². The van der Waals surface area contributed by atoms with Crippen molar-refractivity contribution >= 4 is 17.7 Å². The molecule has 0 radical (unpaired) electrons. The van der Waals surface area contributed by atoms with Gasteiger partial charge in [0.15, 0.2) is 0 Å². The van der Waals surface area contributed by atoms with Gasteiger partial charge in [-0.15, -0.1) is 11.8 Å². The molecule has 0 bridgehead atoms. The van der Waals surface area contributed by atoms with Crippen LogP contribution in [0.25, 0.3) is 0 Å². The third kappa shape index (κ3) is 4.58. The summed E-state index contributed by atoms with van der Waals surface area (Å²) in [6.07, 6.45) is 0. The van der Waals surface area contributed by atoms with Crippen LogP contribution in [0.1, 0.15) is 18.1 Å². The lowest BCUT2D eigenvalue weighted by atomic mass is 10.1. The van der Waals surface area contributed by atoms with E-state index in [0.29, 0.717) is 24.7 Å². The van der Waals surface area contributed by atoms with Gasteiger partial charge in [0, 0.05) is 17.9 Å². The van der Waals surface area contributed by atoms with Crippen LogP contribution in [-0.4, -0.2) is 25.4 Å². The van der Waals surface area contributed by atoms with Crippen LogP contribution < -0.4 is 10.5 Å². The molecule has 18 heavy (non-hydrogen) atoms. The van der Waals surface area contributed by atoms with Crippen molar-refractivity contribution < 1.29 is 14.3 Å². The topological polar surface area (TPSA) is 61.5 Å². The molecule has 0 aromatic heterocycles. The summed E-state index contributed by atoms with van der Waals surface area (Å²) >= 11 is 1.51. The summed E-state index contributed by atoms with van der Waals surface area (Å²) in [4.78, 5) is 11.2. The Morgan fingerprint density at radius 2 is 2.22 bits per heavy atom. The fourth-order valence-corrected chi connectivity index (χ4v) is 2.32. The number of nitrogens with two attached hydrogens (primary N) is 1. The number of rotatable bonds is 7. The highest BCUT2D eigenvalue weighted by Gasteiger charge is 2.07. The summed E-state index contributed by atoms with van der Waals surface area (Å²) in [5.74, 6) is 1.69. The van der Waals surface area contributed by atoms with E-state index < -0.39 is 0 Å². The van der Waals surface area contributed by atoms with Crippen molar-refractivity contribution in [2.45, 2.75) is 19.2 Å². The fraction of sp³-hybridized carbons (Fsp3) is 0.462.